The summed E-state index contributed by atoms with van der Waals surface area (Å²) in [6, 6.07) is 164. The van der Waals surface area contributed by atoms with Crippen molar-refractivity contribution in [3.05, 3.63) is 509 Å². The summed E-state index contributed by atoms with van der Waals surface area (Å²) in [5, 5.41) is 35.1. The molecule has 0 unspecified atom stereocenters. The van der Waals surface area contributed by atoms with Crippen LogP contribution in [-0.4, -0.2) is 74.0 Å². The molecule has 143 heavy (non-hydrogen) atoms. The SMILES string of the molecule is COc1ccc(-c2cc(=O)c3c(OC)c(-c4ccccc4OC)c(OC)cc3o2)cc1.COc1ccc(-c2cc(=O)c3c(OC)c(I)c(OC)cc3o2)cc1.COc1ccccc1B(O)O.[Pd].c1ccc(P(c2ccccc2)c2ccccc2)cc1.c1ccc(P(c2ccccc2)c2ccccc2)cc1.c1ccc(P(c2ccccc2)c2ccccc2)cc1.c1ccc(P(c2ccccc2)c2ccccc2)cc1. The van der Waals surface area contributed by atoms with Crippen molar-refractivity contribution in [2.75, 3.05) is 56.9 Å². The first-order chi connectivity index (χ1) is 69.7. The fourth-order valence-electron chi connectivity index (χ4n) is 15.7. The van der Waals surface area contributed by atoms with Gasteiger partial charge in [0.25, 0.3) is 0 Å². The zero-order chi connectivity index (χ0) is 99.2. The van der Waals surface area contributed by atoms with E-state index in [4.69, 9.17) is 56.8 Å². The zero-order valence-corrected chi connectivity index (χ0v) is 87.3. The fourth-order valence-corrected chi connectivity index (χ4v) is 25.8. The van der Waals surface area contributed by atoms with Crippen LogP contribution in [0.15, 0.2) is 504 Å². The van der Waals surface area contributed by atoms with Gasteiger partial charge in [0.1, 0.15) is 73.7 Å². The van der Waals surface area contributed by atoms with Crippen molar-refractivity contribution in [2.24, 2.45) is 0 Å². The smallest absolute Gasteiger partial charge is 0.492 e. The van der Waals surface area contributed by atoms with Crippen LogP contribution in [0, 0.1) is 3.57 Å². The molecule has 0 aliphatic heterocycles. The summed E-state index contributed by atoms with van der Waals surface area (Å²) in [5.74, 6) is 5.42. The Morgan fingerprint density at radius 1 is 0.245 bits per heavy atom. The molecule has 2 N–H and O–H groups in total. The Labute approximate surface area is 868 Å². The molecule has 0 spiro atoms. The van der Waals surface area contributed by atoms with E-state index in [9.17, 15) is 9.59 Å². The van der Waals surface area contributed by atoms with Gasteiger partial charge in [-0.1, -0.05) is 400 Å². The monoisotopic (exact) mass is 2160 g/mol. The number of ether oxygens (including phenoxy) is 8. The van der Waals surface area contributed by atoms with Crippen molar-refractivity contribution in [3.63, 3.8) is 0 Å². The van der Waals surface area contributed by atoms with Gasteiger partial charge in [0.2, 0.25) is 0 Å². The molecule has 0 saturated carbocycles. The van der Waals surface area contributed by atoms with E-state index in [-0.39, 0.29) is 31.3 Å². The summed E-state index contributed by atoms with van der Waals surface area (Å²) in [4.78, 5) is 25.8. The van der Waals surface area contributed by atoms with E-state index in [1.54, 1.807) is 71.9 Å². The topological polar surface area (TPSA) is 175 Å². The Bertz CT molecular complexity index is 6540. The van der Waals surface area contributed by atoms with Crippen molar-refractivity contribution in [2.45, 2.75) is 0 Å². The second kappa shape index (κ2) is 55.3. The maximum absolute atomic E-state index is 13.2. The maximum atomic E-state index is 13.2. The Balaban J connectivity index is 0.000000142. The van der Waals surface area contributed by atoms with Crippen LogP contribution in [0.25, 0.3) is 55.7 Å². The Kier molecular flexibility index (Phi) is 41.1. The quantitative estimate of drug-likeness (QED) is 0.0332. The van der Waals surface area contributed by atoms with Gasteiger partial charge < -0.3 is 56.8 Å². The van der Waals surface area contributed by atoms with Gasteiger partial charge in [-0.2, -0.15) is 0 Å². The molecule has 0 saturated heterocycles. The summed E-state index contributed by atoms with van der Waals surface area (Å²) in [6.45, 7) is 0. The Hall–Kier alpha value is -14.1. The normalized spacial score (nSPS) is 10.5. The van der Waals surface area contributed by atoms with Crippen LogP contribution >= 0.6 is 54.3 Å². The van der Waals surface area contributed by atoms with Crippen molar-refractivity contribution >= 4 is 152 Å². The van der Waals surface area contributed by atoms with Crippen LogP contribution in [0.5, 0.6) is 46.0 Å². The number of para-hydroxylation sites is 2. The molecule has 718 valence electrons. The summed E-state index contributed by atoms with van der Waals surface area (Å²) >= 11 is 2.09. The fraction of sp³-hybridized carbons (Fsp3) is 0.0656. The van der Waals surface area contributed by atoms with Crippen LogP contribution in [0.3, 0.4) is 0 Å². The number of hydrogen-bond donors (Lipinski definition) is 2. The van der Waals surface area contributed by atoms with Gasteiger partial charge in [0, 0.05) is 66.8 Å². The molecule has 18 aromatic carbocycles. The molecule has 0 atom stereocenters. The van der Waals surface area contributed by atoms with Crippen molar-refractivity contribution in [3.8, 4) is 79.8 Å². The first-order valence-corrected chi connectivity index (χ1v) is 52.0. The van der Waals surface area contributed by atoms with Gasteiger partial charge in [-0.25, -0.2) is 0 Å². The van der Waals surface area contributed by atoms with E-state index in [2.05, 4.69) is 387 Å². The first kappa shape index (κ1) is 106. The molecule has 0 aliphatic carbocycles. The number of hydrogen-bond acceptors (Lipinski definition) is 14. The van der Waals surface area contributed by atoms with Gasteiger partial charge in [-0.15, -0.1) is 0 Å². The van der Waals surface area contributed by atoms with Crippen LogP contribution < -0.4 is 118 Å². The number of benzene rings is 18. The molecular formula is C122H106BIO14P4Pd. The molecule has 21 heteroatoms. The van der Waals surface area contributed by atoms with Crippen molar-refractivity contribution < 1.29 is 77.2 Å². The van der Waals surface area contributed by atoms with Gasteiger partial charge in [-0.05, 0) is 179 Å². The van der Waals surface area contributed by atoms with E-state index >= 15 is 0 Å². The molecule has 0 amide bonds. The van der Waals surface area contributed by atoms with Gasteiger partial charge in [0.15, 0.2) is 16.6 Å². The third kappa shape index (κ3) is 28.2. The van der Waals surface area contributed by atoms with E-state index in [0.717, 1.165) is 31.8 Å². The second-order valence-corrected chi connectivity index (χ2v) is 41.2. The van der Waals surface area contributed by atoms with Gasteiger partial charge in [-0.3, -0.25) is 9.59 Å². The minimum absolute atomic E-state index is 0. The number of rotatable bonds is 24. The molecule has 0 fully saturated rings. The molecule has 20 rings (SSSR count). The Morgan fingerprint density at radius 2 is 0.476 bits per heavy atom. The third-order valence-electron chi connectivity index (χ3n) is 22.4. The van der Waals surface area contributed by atoms with E-state index < -0.39 is 38.8 Å². The molecule has 0 bridgehead atoms. The predicted molar refractivity (Wildman–Crippen MR) is 603 cm³/mol. The van der Waals surface area contributed by atoms with E-state index in [0.29, 0.717) is 79.0 Å². The summed E-state index contributed by atoms with van der Waals surface area (Å²) in [7, 11) is 9.19. The van der Waals surface area contributed by atoms with Crippen LogP contribution in [0.2, 0.25) is 0 Å². The molecule has 2 aromatic heterocycles. The standard InChI is InChI=1S/C25H22O6.C18H15IO5.4C18H15P.C7H9BO3.Pd/c1-27-16-11-9-15(10-12-16)20-13-18(26)24-22(31-20)14-21(29-3)23(25(24)30-4)17-7-5-6-8-19(17)28-2;1-21-11-6-4-10(5-7-11)13-8-12(20)16-14(24-13)9-15(22-2)17(19)18(16)23-3;4*1-4-10-16(11-5-1)19(17-12-6-2-7-13-17)18-14-8-3-9-15-18;1-11-7-5-3-2-4-6(7)8(9)10;/h5-14H,1-4H3;4-9H,1-3H3;4*1-15H;2-5,9-10H,1H3;. The zero-order valence-electron chi connectivity index (χ0n) is 80.0. The average molecular weight is 2160 g/mol. The minimum Gasteiger partial charge on any atom is -0.497 e. The minimum atomic E-state index is -1.47. The molecular weight excluding hydrogens is 2060 g/mol. The number of fused-ring (bicyclic) bond motifs is 2. The molecule has 20 aromatic rings. The molecule has 14 nitrogen and oxygen atoms in total. The Morgan fingerprint density at radius 3 is 0.713 bits per heavy atom. The summed E-state index contributed by atoms with van der Waals surface area (Å²) in [5.41, 5.74) is 3.70. The van der Waals surface area contributed by atoms with Crippen molar-refractivity contribution in [1.82, 2.24) is 0 Å². The molecule has 2 heterocycles. The predicted octanol–water partition coefficient (Wildman–Crippen LogP) is 22.4. The summed E-state index contributed by atoms with van der Waals surface area (Å²) in [6.07, 6.45) is 0. The van der Waals surface area contributed by atoms with Crippen LogP contribution in [-0.2, 0) is 20.4 Å². The van der Waals surface area contributed by atoms with Gasteiger partial charge >= 0.3 is 7.12 Å². The average Bonchev–Trinajstić information content (AvgIpc) is 0.696. The second-order valence-electron chi connectivity index (χ2n) is 31.3. The summed E-state index contributed by atoms with van der Waals surface area (Å²) < 4.78 is 55.6. The van der Waals surface area contributed by atoms with Crippen LogP contribution in [0.1, 0.15) is 0 Å². The number of methoxy groups -OCH3 is 8. The van der Waals surface area contributed by atoms with Gasteiger partial charge in [0.05, 0.1) is 66.0 Å². The van der Waals surface area contributed by atoms with Crippen molar-refractivity contribution in [1.29, 1.82) is 0 Å². The van der Waals surface area contributed by atoms with Crippen LogP contribution in [0.4, 0.5) is 0 Å². The van der Waals surface area contributed by atoms with E-state index in [1.807, 2.05) is 72.8 Å². The molecule has 0 aliphatic rings. The first-order valence-electron chi connectivity index (χ1n) is 45.6. The molecule has 0 radical (unpaired) electrons. The third-order valence-corrected chi connectivity index (χ3v) is 33.2. The van der Waals surface area contributed by atoms with E-state index in [1.165, 1.54) is 97.1 Å². The maximum Gasteiger partial charge on any atom is 0.492 e. The number of halogens is 1. The largest absolute Gasteiger partial charge is 0.497 e.